The first-order valence-electron chi connectivity index (χ1n) is 5.94. The van der Waals surface area contributed by atoms with Crippen LogP contribution in [0.15, 0.2) is 10.8 Å². The van der Waals surface area contributed by atoms with Crippen molar-refractivity contribution in [1.82, 2.24) is 9.88 Å². The van der Waals surface area contributed by atoms with Crippen molar-refractivity contribution >= 4 is 11.9 Å². The molecule has 18 heavy (non-hydrogen) atoms. The van der Waals surface area contributed by atoms with E-state index in [1.165, 1.54) is 18.4 Å². The summed E-state index contributed by atoms with van der Waals surface area (Å²) >= 11 is 0. The number of hydrogen-bond donors (Lipinski definition) is 0. The Morgan fingerprint density at radius 3 is 2.89 bits per heavy atom. The second-order valence-corrected chi connectivity index (χ2v) is 4.30. The van der Waals surface area contributed by atoms with Gasteiger partial charge in [-0.1, -0.05) is 0 Å². The van der Waals surface area contributed by atoms with Gasteiger partial charge in [-0.05, 0) is 26.2 Å². The fourth-order valence-electron chi connectivity index (χ4n) is 2.19. The molecular formula is C12H16N2O4. The van der Waals surface area contributed by atoms with Crippen LogP contribution in [0.3, 0.4) is 0 Å². The molecule has 0 saturated carbocycles. The molecule has 0 unspecified atom stereocenters. The number of likely N-dealkylation sites (tertiary alicyclic amines) is 1. The van der Waals surface area contributed by atoms with E-state index in [4.69, 9.17) is 9.15 Å². The van der Waals surface area contributed by atoms with Crippen LogP contribution in [0.2, 0.25) is 0 Å². The second-order valence-electron chi connectivity index (χ2n) is 4.30. The Balaban J connectivity index is 2.21. The lowest BCUT2D eigenvalue weighted by molar-refractivity contribution is -0.147. The number of hydrogen-bond acceptors (Lipinski definition) is 5. The summed E-state index contributed by atoms with van der Waals surface area (Å²) in [6.07, 6.45) is 3.66. The highest BCUT2D eigenvalue weighted by Gasteiger charge is 2.35. The number of rotatable bonds is 2. The molecule has 0 radical (unpaired) electrons. The Bertz CT molecular complexity index is 455. The highest BCUT2D eigenvalue weighted by Crippen LogP contribution is 2.21. The zero-order chi connectivity index (χ0) is 13.1. The van der Waals surface area contributed by atoms with E-state index in [0.717, 1.165) is 12.8 Å². The van der Waals surface area contributed by atoms with Gasteiger partial charge in [0.2, 0.25) is 5.76 Å². The molecule has 1 aliphatic rings. The van der Waals surface area contributed by atoms with E-state index in [1.54, 1.807) is 6.92 Å². The molecule has 0 bridgehead atoms. The van der Waals surface area contributed by atoms with Crippen LogP contribution in [0.25, 0.3) is 0 Å². The third kappa shape index (κ3) is 2.23. The van der Waals surface area contributed by atoms with Crippen molar-refractivity contribution in [2.45, 2.75) is 32.2 Å². The summed E-state index contributed by atoms with van der Waals surface area (Å²) in [5.74, 6) is -0.467. The Morgan fingerprint density at radius 2 is 2.28 bits per heavy atom. The number of carbonyl (C=O) groups is 2. The molecule has 0 N–H and O–H groups in total. The summed E-state index contributed by atoms with van der Waals surface area (Å²) in [5.41, 5.74) is 0.536. The highest BCUT2D eigenvalue weighted by molar-refractivity contribution is 5.95. The first-order chi connectivity index (χ1) is 8.65. The van der Waals surface area contributed by atoms with Gasteiger partial charge < -0.3 is 14.1 Å². The molecule has 0 aromatic carbocycles. The fraction of sp³-hybridized carbons (Fsp3) is 0.583. The molecule has 98 valence electrons. The van der Waals surface area contributed by atoms with Crippen molar-refractivity contribution in [1.29, 1.82) is 0 Å². The zero-order valence-electron chi connectivity index (χ0n) is 10.5. The number of amides is 1. The van der Waals surface area contributed by atoms with Gasteiger partial charge in [0.15, 0.2) is 6.39 Å². The van der Waals surface area contributed by atoms with Crippen LogP contribution in [0, 0.1) is 6.92 Å². The van der Waals surface area contributed by atoms with E-state index in [1.807, 2.05) is 0 Å². The molecule has 1 aromatic heterocycles. The summed E-state index contributed by atoms with van der Waals surface area (Å²) in [6, 6.07) is -0.513. The molecule has 0 spiro atoms. The third-order valence-electron chi connectivity index (χ3n) is 3.18. The number of methoxy groups -OCH3 is 1. The van der Waals surface area contributed by atoms with Crippen LogP contribution in [0.5, 0.6) is 0 Å². The van der Waals surface area contributed by atoms with Crippen molar-refractivity contribution in [3.63, 3.8) is 0 Å². The predicted octanol–water partition coefficient (Wildman–Crippen LogP) is 1.15. The molecule has 2 heterocycles. The average molecular weight is 252 g/mol. The Hall–Kier alpha value is -1.85. The maximum atomic E-state index is 12.3. The molecule has 1 atom stereocenters. The average Bonchev–Trinajstić information content (AvgIpc) is 2.83. The maximum Gasteiger partial charge on any atom is 0.328 e. The molecule has 1 saturated heterocycles. The summed E-state index contributed by atoms with van der Waals surface area (Å²) in [6.45, 7) is 2.24. The van der Waals surface area contributed by atoms with E-state index in [9.17, 15) is 9.59 Å². The third-order valence-corrected chi connectivity index (χ3v) is 3.18. The number of esters is 1. The fourth-order valence-corrected chi connectivity index (χ4v) is 2.19. The minimum atomic E-state index is -0.513. The van der Waals surface area contributed by atoms with Gasteiger partial charge in [-0.3, -0.25) is 4.79 Å². The van der Waals surface area contributed by atoms with Crippen molar-refractivity contribution in [3.05, 3.63) is 17.8 Å². The summed E-state index contributed by atoms with van der Waals surface area (Å²) in [4.78, 5) is 29.4. The number of carbonyl (C=O) groups excluding carboxylic acids is 2. The van der Waals surface area contributed by atoms with E-state index in [0.29, 0.717) is 18.7 Å². The van der Waals surface area contributed by atoms with E-state index in [-0.39, 0.29) is 17.6 Å². The topological polar surface area (TPSA) is 72.6 Å². The van der Waals surface area contributed by atoms with Crippen molar-refractivity contribution < 1.29 is 18.7 Å². The van der Waals surface area contributed by atoms with Crippen molar-refractivity contribution in [2.24, 2.45) is 0 Å². The molecule has 2 rings (SSSR count). The lowest BCUT2D eigenvalue weighted by atomic mass is 10.0. The smallest absolute Gasteiger partial charge is 0.328 e. The van der Waals surface area contributed by atoms with Crippen LogP contribution in [-0.4, -0.2) is 41.5 Å². The number of aromatic nitrogens is 1. The molecule has 1 aliphatic heterocycles. The Labute approximate surface area is 105 Å². The second kappa shape index (κ2) is 5.20. The number of aryl methyl sites for hydroxylation is 1. The van der Waals surface area contributed by atoms with Gasteiger partial charge in [0.05, 0.1) is 12.8 Å². The molecule has 6 nitrogen and oxygen atoms in total. The van der Waals surface area contributed by atoms with E-state index < -0.39 is 6.04 Å². The van der Waals surface area contributed by atoms with Crippen LogP contribution in [-0.2, 0) is 9.53 Å². The zero-order valence-corrected chi connectivity index (χ0v) is 10.5. The summed E-state index contributed by atoms with van der Waals surface area (Å²) < 4.78 is 9.83. The summed E-state index contributed by atoms with van der Waals surface area (Å²) in [5, 5.41) is 0. The molecule has 1 amide bonds. The van der Waals surface area contributed by atoms with Gasteiger partial charge in [-0.15, -0.1) is 0 Å². The van der Waals surface area contributed by atoms with E-state index in [2.05, 4.69) is 4.98 Å². The first-order valence-corrected chi connectivity index (χ1v) is 5.94. The standard InChI is InChI=1S/C12H16N2O4/c1-8-10(18-7-13-8)11(15)14-6-4-3-5-9(14)12(16)17-2/h7,9H,3-6H2,1-2H3/t9-/m1/s1. The minimum Gasteiger partial charge on any atom is -0.467 e. The monoisotopic (exact) mass is 252 g/mol. The molecule has 1 fully saturated rings. The number of oxazole rings is 1. The SMILES string of the molecule is COC(=O)[C@H]1CCCCN1C(=O)c1ocnc1C. The van der Waals surface area contributed by atoms with Gasteiger partial charge in [-0.2, -0.15) is 0 Å². The lowest BCUT2D eigenvalue weighted by Crippen LogP contribution is -2.48. The van der Waals surface area contributed by atoms with Gasteiger partial charge in [0.25, 0.3) is 5.91 Å². The number of piperidine rings is 1. The van der Waals surface area contributed by atoms with Crippen LogP contribution in [0.4, 0.5) is 0 Å². The predicted molar refractivity (Wildman–Crippen MR) is 61.9 cm³/mol. The number of ether oxygens (including phenoxy) is 1. The van der Waals surface area contributed by atoms with Gasteiger partial charge in [-0.25, -0.2) is 9.78 Å². The highest BCUT2D eigenvalue weighted by atomic mass is 16.5. The molecular weight excluding hydrogens is 236 g/mol. The van der Waals surface area contributed by atoms with Crippen LogP contribution >= 0.6 is 0 Å². The molecule has 1 aromatic rings. The van der Waals surface area contributed by atoms with Crippen LogP contribution < -0.4 is 0 Å². The largest absolute Gasteiger partial charge is 0.467 e. The van der Waals surface area contributed by atoms with E-state index >= 15 is 0 Å². The van der Waals surface area contributed by atoms with Crippen LogP contribution in [0.1, 0.15) is 35.5 Å². The van der Waals surface area contributed by atoms with Gasteiger partial charge >= 0.3 is 5.97 Å². The number of nitrogens with zero attached hydrogens (tertiary/aromatic N) is 2. The quantitative estimate of drug-likeness (QED) is 0.738. The van der Waals surface area contributed by atoms with Gasteiger partial charge in [0, 0.05) is 6.54 Å². The normalized spacial score (nSPS) is 19.7. The first kappa shape index (κ1) is 12.6. The minimum absolute atomic E-state index is 0.200. The molecule has 0 aliphatic carbocycles. The molecule has 6 heteroatoms. The summed E-state index contributed by atoms with van der Waals surface area (Å²) in [7, 11) is 1.33. The van der Waals surface area contributed by atoms with Crippen molar-refractivity contribution in [2.75, 3.05) is 13.7 Å². The Morgan fingerprint density at radius 1 is 1.50 bits per heavy atom. The van der Waals surface area contributed by atoms with Crippen molar-refractivity contribution in [3.8, 4) is 0 Å². The van der Waals surface area contributed by atoms with Gasteiger partial charge in [0.1, 0.15) is 6.04 Å². The maximum absolute atomic E-state index is 12.3. The lowest BCUT2D eigenvalue weighted by Gasteiger charge is -2.33. The Kier molecular flexibility index (Phi) is 3.64.